The van der Waals surface area contributed by atoms with Crippen LogP contribution in [0.3, 0.4) is 0 Å². The summed E-state index contributed by atoms with van der Waals surface area (Å²) in [4.78, 5) is 26.5. The molecule has 0 aliphatic rings. The Hall–Kier alpha value is -2.70. The quantitative estimate of drug-likeness (QED) is 0.650. The van der Waals surface area contributed by atoms with Gasteiger partial charge in [0.2, 0.25) is 0 Å². The van der Waals surface area contributed by atoms with Crippen LogP contribution in [0.1, 0.15) is 20.1 Å². The Kier molecular flexibility index (Phi) is 5.42. The molecule has 3 aromatic rings. The number of rotatable bonds is 5. The molecule has 0 unspecified atom stereocenters. The fourth-order valence-electron chi connectivity index (χ4n) is 2.17. The fraction of sp³-hybridized carbons (Fsp3) is 0.0526. The summed E-state index contributed by atoms with van der Waals surface area (Å²) < 4.78 is 0. The summed E-state index contributed by atoms with van der Waals surface area (Å²) in [5.74, 6) is -0.648. The Morgan fingerprint density at radius 3 is 2.40 bits per heavy atom. The summed E-state index contributed by atoms with van der Waals surface area (Å²) in [7, 11) is 0. The van der Waals surface area contributed by atoms with Crippen molar-refractivity contribution in [3.63, 3.8) is 0 Å². The highest BCUT2D eigenvalue weighted by molar-refractivity contribution is 7.12. The number of thiophene rings is 2. The van der Waals surface area contributed by atoms with Crippen molar-refractivity contribution >= 4 is 46.3 Å². The second-order valence-corrected chi connectivity index (χ2v) is 7.20. The van der Waals surface area contributed by atoms with E-state index in [4.69, 9.17) is 0 Å². The molecule has 2 aromatic heterocycles. The number of benzene rings is 1. The second kappa shape index (κ2) is 7.92. The van der Waals surface area contributed by atoms with Gasteiger partial charge in [0, 0.05) is 10.6 Å². The molecule has 0 fully saturated rings. The molecule has 0 atom stereocenters. The van der Waals surface area contributed by atoms with Gasteiger partial charge in [0.15, 0.2) is 0 Å². The van der Waals surface area contributed by atoms with Crippen molar-refractivity contribution in [2.75, 3.05) is 5.32 Å². The Bertz CT molecular complexity index is 897. The van der Waals surface area contributed by atoms with Gasteiger partial charge in [-0.05, 0) is 47.5 Å². The van der Waals surface area contributed by atoms with Crippen molar-refractivity contribution in [1.29, 1.82) is 0 Å². The van der Waals surface area contributed by atoms with Crippen LogP contribution in [0.15, 0.2) is 65.0 Å². The van der Waals surface area contributed by atoms with Crippen LogP contribution >= 0.6 is 22.7 Å². The molecule has 1 aromatic carbocycles. The van der Waals surface area contributed by atoms with E-state index in [9.17, 15) is 9.59 Å². The standard InChI is InChI=1S/C19H16N2O2S2/c1-13-6-2-3-8-15(13)20-18(22)16(12-14-7-4-10-24-14)21-19(23)17-9-5-11-25-17/h2-12H,1H3,(H,20,22)(H,21,23). The molecule has 0 bridgehead atoms. The van der Waals surface area contributed by atoms with Crippen molar-refractivity contribution < 1.29 is 9.59 Å². The van der Waals surface area contributed by atoms with Crippen molar-refractivity contribution in [1.82, 2.24) is 5.32 Å². The van der Waals surface area contributed by atoms with Crippen molar-refractivity contribution in [2.45, 2.75) is 6.92 Å². The lowest BCUT2D eigenvalue weighted by atomic mass is 10.2. The van der Waals surface area contributed by atoms with Crippen LogP contribution in [0.5, 0.6) is 0 Å². The third-order valence-corrected chi connectivity index (χ3v) is 5.15. The lowest BCUT2D eigenvalue weighted by Gasteiger charge is -2.12. The van der Waals surface area contributed by atoms with Gasteiger partial charge in [-0.2, -0.15) is 0 Å². The fourth-order valence-corrected chi connectivity index (χ4v) is 3.44. The second-order valence-electron chi connectivity index (χ2n) is 5.27. The Labute approximate surface area is 153 Å². The largest absolute Gasteiger partial charge is 0.320 e. The molecule has 0 spiro atoms. The number of hydrogen-bond acceptors (Lipinski definition) is 4. The van der Waals surface area contributed by atoms with Crippen LogP contribution in [0, 0.1) is 6.92 Å². The van der Waals surface area contributed by atoms with Gasteiger partial charge in [0.1, 0.15) is 5.70 Å². The molecule has 4 nitrogen and oxygen atoms in total. The predicted molar refractivity (Wildman–Crippen MR) is 104 cm³/mol. The van der Waals surface area contributed by atoms with Crippen LogP contribution in [-0.2, 0) is 4.79 Å². The van der Waals surface area contributed by atoms with Gasteiger partial charge < -0.3 is 10.6 Å². The third-order valence-electron chi connectivity index (χ3n) is 3.46. The smallest absolute Gasteiger partial charge is 0.272 e. The van der Waals surface area contributed by atoms with Crippen molar-refractivity contribution in [2.24, 2.45) is 0 Å². The third kappa shape index (κ3) is 4.43. The Balaban J connectivity index is 1.84. The highest BCUT2D eigenvalue weighted by Crippen LogP contribution is 2.17. The molecule has 0 aliphatic heterocycles. The first-order valence-electron chi connectivity index (χ1n) is 7.60. The van der Waals surface area contributed by atoms with E-state index in [1.807, 2.05) is 54.1 Å². The molecule has 0 saturated carbocycles. The maximum Gasteiger partial charge on any atom is 0.272 e. The summed E-state index contributed by atoms with van der Waals surface area (Å²) in [6, 6.07) is 14.8. The van der Waals surface area contributed by atoms with Crippen molar-refractivity contribution in [3.05, 3.63) is 80.3 Å². The lowest BCUT2D eigenvalue weighted by Crippen LogP contribution is -2.30. The first-order chi connectivity index (χ1) is 12.1. The van der Waals surface area contributed by atoms with Gasteiger partial charge in [0.25, 0.3) is 11.8 Å². The number of hydrogen-bond donors (Lipinski definition) is 2. The minimum Gasteiger partial charge on any atom is -0.320 e. The highest BCUT2D eigenvalue weighted by Gasteiger charge is 2.16. The zero-order valence-corrected chi connectivity index (χ0v) is 15.1. The monoisotopic (exact) mass is 368 g/mol. The molecule has 2 heterocycles. The maximum absolute atomic E-state index is 12.7. The topological polar surface area (TPSA) is 58.2 Å². The summed E-state index contributed by atoms with van der Waals surface area (Å²) in [6.45, 7) is 1.92. The average Bonchev–Trinajstić information content (AvgIpc) is 3.29. The van der Waals surface area contributed by atoms with Gasteiger partial charge >= 0.3 is 0 Å². The molecule has 0 aliphatic carbocycles. The van der Waals surface area contributed by atoms with Crippen LogP contribution in [0.25, 0.3) is 6.08 Å². The highest BCUT2D eigenvalue weighted by atomic mass is 32.1. The Morgan fingerprint density at radius 2 is 1.72 bits per heavy atom. The van der Waals surface area contributed by atoms with E-state index in [0.29, 0.717) is 4.88 Å². The molecule has 2 N–H and O–H groups in total. The number of aryl methyl sites for hydroxylation is 1. The van der Waals surface area contributed by atoms with E-state index in [2.05, 4.69) is 10.6 Å². The first-order valence-corrected chi connectivity index (χ1v) is 9.36. The minimum atomic E-state index is -0.354. The number of para-hydroxylation sites is 1. The van der Waals surface area contributed by atoms with E-state index in [1.54, 1.807) is 18.2 Å². The minimum absolute atomic E-state index is 0.212. The zero-order chi connectivity index (χ0) is 17.6. The molecular weight excluding hydrogens is 352 g/mol. The van der Waals surface area contributed by atoms with Crippen molar-refractivity contribution in [3.8, 4) is 0 Å². The van der Waals surface area contributed by atoms with Crippen LogP contribution in [0.4, 0.5) is 5.69 Å². The van der Waals surface area contributed by atoms with E-state index in [0.717, 1.165) is 16.1 Å². The van der Waals surface area contributed by atoms with Crippen LogP contribution in [0.2, 0.25) is 0 Å². The van der Waals surface area contributed by atoms with Gasteiger partial charge in [0.05, 0.1) is 4.88 Å². The Morgan fingerprint density at radius 1 is 0.960 bits per heavy atom. The van der Waals surface area contributed by atoms with Gasteiger partial charge in [-0.15, -0.1) is 22.7 Å². The molecule has 3 rings (SSSR count). The number of amides is 2. The SMILES string of the molecule is Cc1ccccc1NC(=O)C(=Cc1cccs1)NC(=O)c1cccs1. The summed E-state index contributed by atoms with van der Waals surface area (Å²) in [5.41, 5.74) is 1.88. The first kappa shape index (κ1) is 17.1. The molecule has 6 heteroatoms. The molecule has 25 heavy (non-hydrogen) atoms. The van der Waals surface area contributed by atoms with Gasteiger partial charge in [-0.1, -0.05) is 30.3 Å². The molecule has 0 radical (unpaired) electrons. The number of carbonyl (C=O) groups excluding carboxylic acids is 2. The number of nitrogens with one attached hydrogen (secondary N) is 2. The van der Waals surface area contributed by atoms with E-state index < -0.39 is 0 Å². The molecule has 0 saturated heterocycles. The summed E-state index contributed by atoms with van der Waals surface area (Å²) in [5, 5.41) is 9.33. The average molecular weight is 368 g/mol. The lowest BCUT2D eigenvalue weighted by molar-refractivity contribution is -0.113. The van der Waals surface area contributed by atoms with Gasteiger partial charge in [-0.3, -0.25) is 9.59 Å². The van der Waals surface area contributed by atoms with Gasteiger partial charge in [-0.25, -0.2) is 0 Å². The number of carbonyl (C=O) groups is 2. The van der Waals surface area contributed by atoms with Crippen LogP contribution in [-0.4, -0.2) is 11.8 Å². The maximum atomic E-state index is 12.7. The van der Waals surface area contributed by atoms with Crippen LogP contribution < -0.4 is 10.6 Å². The molecular formula is C19H16N2O2S2. The van der Waals surface area contributed by atoms with E-state index in [1.165, 1.54) is 22.7 Å². The predicted octanol–water partition coefficient (Wildman–Crippen LogP) is 4.53. The summed E-state index contributed by atoms with van der Waals surface area (Å²) >= 11 is 2.83. The number of anilines is 1. The zero-order valence-electron chi connectivity index (χ0n) is 13.5. The molecule has 126 valence electrons. The summed E-state index contributed by atoms with van der Waals surface area (Å²) in [6.07, 6.45) is 1.68. The van der Waals surface area contributed by atoms with E-state index in [-0.39, 0.29) is 17.5 Å². The normalized spacial score (nSPS) is 11.2. The molecule has 2 amide bonds. The van der Waals surface area contributed by atoms with E-state index >= 15 is 0 Å².